The molecule has 1 rings (SSSR count). The number of benzene rings is 1. The SMILES string of the molecule is C=CC(N)c1cc(Cl)ccc1OC. The predicted octanol–water partition coefficient (Wildman–Crippen LogP) is 2.53. The molecule has 0 saturated carbocycles. The molecule has 0 spiro atoms. The van der Waals surface area contributed by atoms with Crippen molar-refractivity contribution in [3.05, 3.63) is 41.4 Å². The van der Waals surface area contributed by atoms with Crippen molar-refractivity contribution in [2.75, 3.05) is 7.11 Å². The minimum absolute atomic E-state index is 0.242. The summed E-state index contributed by atoms with van der Waals surface area (Å²) >= 11 is 5.83. The molecule has 0 amide bonds. The van der Waals surface area contributed by atoms with Crippen molar-refractivity contribution >= 4 is 11.6 Å². The smallest absolute Gasteiger partial charge is 0.124 e. The summed E-state index contributed by atoms with van der Waals surface area (Å²) in [7, 11) is 1.60. The van der Waals surface area contributed by atoms with Crippen LogP contribution in [0.4, 0.5) is 0 Å². The van der Waals surface area contributed by atoms with Gasteiger partial charge in [-0.2, -0.15) is 0 Å². The molecule has 2 N–H and O–H groups in total. The maximum atomic E-state index is 5.83. The summed E-state index contributed by atoms with van der Waals surface area (Å²) in [6.45, 7) is 3.62. The fourth-order valence-corrected chi connectivity index (χ4v) is 1.27. The third-order valence-electron chi connectivity index (χ3n) is 1.80. The van der Waals surface area contributed by atoms with Gasteiger partial charge in [-0.05, 0) is 18.2 Å². The molecule has 0 saturated heterocycles. The minimum Gasteiger partial charge on any atom is -0.496 e. The number of hydrogen-bond donors (Lipinski definition) is 1. The van der Waals surface area contributed by atoms with Crippen LogP contribution in [0.25, 0.3) is 0 Å². The van der Waals surface area contributed by atoms with E-state index in [4.69, 9.17) is 22.1 Å². The van der Waals surface area contributed by atoms with Crippen LogP contribution in [0.2, 0.25) is 5.02 Å². The minimum atomic E-state index is -0.242. The summed E-state index contributed by atoms with van der Waals surface area (Å²) in [5.41, 5.74) is 6.63. The molecular weight excluding hydrogens is 186 g/mol. The second-order valence-electron chi connectivity index (χ2n) is 2.65. The molecule has 0 bridgehead atoms. The third-order valence-corrected chi connectivity index (χ3v) is 2.04. The van der Waals surface area contributed by atoms with Gasteiger partial charge >= 0.3 is 0 Å². The van der Waals surface area contributed by atoms with Crippen molar-refractivity contribution in [1.82, 2.24) is 0 Å². The summed E-state index contributed by atoms with van der Waals surface area (Å²) in [5.74, 6) is 0.733. The summed E-state index contributed by atoms with van der Waals surface area (Å²) in [5, 5.41) is 0.646. The van der Waals surface area contributed by atoms with Gasteiger partial charge < -0.3 is 10.5 Å². The van der Waals surface area contributed by atoms with Crippen LogP contribution >= 0.6 is 11.6 Å². The Kier molecular flexibility index (Phi) is 3.34. The molecule has 0 aliphatic heterocycles. The first-order valence-electron chi connectivity index (χ1n) is 3.90. The van der Waals surface area contributed by atoms with Crippen LogP contribution < -0.4 is 10.5 Å². The number of halogens is 1. The summed E-state index contributed by atoms with van der Waals surface area (Å²) < 4.78 is 5.14. The Bertz CT molecular complexity index is 312. The number of hydrogen-bond acceptors (Lipinski definition) is 2. The van der Waals surface area contributed by atoms with Crippen molar-refractivity contribution in [3.63, 3.8) is 0 Å². The predicted molar refractivity (Wildman–Crippen MR) is 55.1 cm³/mol. The first-order chi connectivity index (χ1) is 6.19. The van der Waals surface area contributed by atoms with E-state index in [-0.39, 0.29) is 6.04 Å². The van der Waals surface area contributed by atoms with Crippen LogP contribution in [0.15, 0.2) is 30.9 Å². The van der Waals surface area contributed by atoms with Crippen molar-refractivity contribution in [3.8, 4) is 5.75 Å². The maximum Gasteiger partial charge on any atom is 0.124 e. The lowest BCUT2D eigenvalue weighted by atomic mass is 10.1. The largest absolute Gasteiger partial charge is 0.496 e. The van der Waals surface area contributed by atoms with E-state index in [0.29, 0.717) is 5.02 Å². The molecule has 0 radical (unpaired) electrons. The van der Waals surface area contributed by atoms with Gasteiger partial charge in [0.2, 0.25) is 0 Å². The topological polar surface area (TPSA) is 35.2 Å². The van der Waals surface area contributed by atoms with Gasteiger partial charge in [-0.15, -0.1) is 6.58 Å². The van der Waals surface area contributed by atoms with Crippen molar-refractivity contribution in [2.24, 2.45) is 5.73 Å². The number of rotatable bonds is 3. The Balaban J connectivity index is 3.14. The zero-order valence-corrected chi connectivity index (χ0v) is 8.21. The van der Waals surface area contributed by atoms with E-state index in [0.717, 1.165) is 11.3 Å². The Morgan fingerprint density at radius 2 is 2.31 bits per heavy atom. The van der Waals surface area contributed by atoms with Gasteiger partial charge in [0.1, 0.15) is 5.75 Å². The van der Waals surface area contributed by atoms with Crippen LogP contribution in [-0.4, -0.2) is 7.11 Å². The van der Waals surface area contributed by atoms with Gasteiger partial charge in [-0.25, -0.2) is 0 Å². The van der Waals surface area contributed by atoms with Gasteiger partial charge in [0.15, 0.2) is 0 Å². The van der Waals surface area contributed by atoms with Crippen LogP contribution in [0, 0.1) is 0 Å². The van der Waals surface area contributed by atoms with Crippen LogP contribution in [-0.2, 0) is 0 Å². The second-order valence-corrected chi connectivity index (χ2v) is 3.08. The Morgan fingerprint density at radius 3 is 2.85 bits per heavy atom. The molecular formula is C10H12ClNO. The van der Waals surface area contributed by atoms with E-state index in [1.807, 2.05) is 0 Å². The molecule has 1 unspecified atom stereocenters. The van der Waals surface area contributed by atoms with E-state index < -0.39 is 0 Å². The molecule has 3 heteroatoms. The van der Waals surface area contributed by atoms with Gasteiger partial charge in [0.25, 0.3) is 0 Å². The maximum absolute atomic E-state index is 5.83. The monoisotopic (exact) mass is 197 g/mol. The molecule has 0 aliphatic rings. The Labute approximate surface area is 83.0 Å². The quantitative estimate of drug-likeness (QED) is 0.756. The standard InChI is InChI=1S/C10H12ClNO/c1-3-9(12)8-6-7(11)4-5-10(8)13-2/h3-6,9H,1,12H2,2H3. The van der Waals surface area contributed by atoms with Crippen LogP contribution in [0.3, 0.4) is 0 Å². The average molecular weight is 198 g/mol. The van der Waals surface area contributed by atoms with Gasteiger partial charge in [-0.1, -0.05) is 17.7 Å². The summed E-state index contributed by atoms with van der Waals surface area (Å²) in [6, 6.07) is 5.10. The van der Waals surface area contributed by atoms with E-state index in [9.17, 15) is 0 Å². The molecule has 13 heavy (non-hydrogen) atoms. The first-order valence-corrected chi connectivity index (χ1v) is 4.28. The van der Waals surface area contributed by atoms with E-state index in [1.54, 1.807) is 31.4 Å². The van der Waals surface area contributed by atoms with E-state index >= 15 is 0 Å². The molecule has 70 valence electrons. The molecule has 2 nitrogen and oxygen atoms in total. The van der Waals surface area contributed by atoms with Crippen LogP contribution in [0.1, 0.15) is 11.6 Å². The zero-order chi connectivity index (χ0) is 9.84. The highest BCUT2D eigenvalue weighted by atomic mass is 35.5. The van der Waals surface area contributed by atoms with Gasteiger partial charge in [-0.3, -0.25) is 0 Å². The molecule has 0 heterocycles. The van der Waals surface area contributed by atoms with Crippen LogP contribution in [0.5, 0.6) is 5.75 Å². The zero-order valence-electron chi connectivity index (χ0n) is 7.46. The lowest BCUT2D eigenvalue weighted by molar-refractivity contribution is 0.408. The first kappa shape index (κ1) is 10.1. The fourth-order valence-electron chi connectivity index (χ4n) is 1.09. The second kappa shape index (κ2) is 4.30. The highest BCUT2D eigenvalue weighted by molar-refractivity contribution is 6.30. The third kappa shape index (κ3) is 2.23. The van der Waals surface area contributed by atoms with E-state index in [1.165, 1.54) is 0 Å². The summed E-state index contributed by atoms with van der Waals surface area (Å²) in [6.07, 6.45) is 1.65. The number of ether oxygens (including phenoxy) is 1. The molecule has 1 aromatic rings. The lowest BCUT2D eigenvalue weighted by Gasteiger charge is -2.12. The normalized spacial score (nSPS) is 12.2. The number of methoxy groups -OCH3 is 1. The van der Waals surface area contributed by atoms with E-state index in [2.05, 4.69) is 6.58 Å². The summed E-state index contributed by atoms with van der Waals surface area (Å²) in [4.78, 5) is 0. The molecule has 0 aromatic heterocycles. The van der Waals surface area contributed by atoms with Crippen molar-refractivity contribution < 1.29 is 4.74 Å². The fraction of sp³-hybridized carbons (Fsp3) is 0.200. The van der Waals surface area contributed by atoms with Gasteiger partial charge in [0.05, 0.1) is 13.2 Å². The Morgan fingerprint density at radius 1 is 1.62 bits per heavy atom. The lowest BCUT2D eigenvalue weighted by Crippen LogP contribution is -2.08. The van der Waals surface area contributed by atoms with Crippen molar-refractivity contribution in [2.45, 2.75) is 6.04 Å². The average Bonchev–Trinajstić information content (AvgIpc) is 2.16. The molecule has 0 aliphatic carbocycles. The molecule has 1 atom stereocenters. The molecule has 1 aromatic carbocycles. The highest BCUT2D eigenvalue weighted by Gasteiger charge is 2.08. The molecule has 0 fully saturated rings. The highest BCUT2D eigenvalue weighted by Crippen LogP contribution is 2.27. The van der Waals surface area contributed by atoms with Gasteiger partial charge in [0, 0.05) is 10.6 Å². The van der Waals surface area contributed by atoms with Crippen molar-refractivity contribution in [1.29, 1.82) is 0 Å². The number of nitrogens with two attached hydrogens (primary N) is 1. The Hall–Kier alpha value is -0.990.